The number of benzene rings is 1. The van der Waals surface area contributed by atoms with Crippen molar-refractivity contribution in [2.75, 3.05) is 13.1 Å². The molecule has 1 aliphatic heterocycles. The van der Waals surface area contributed by atoms with Crippen molar-refractivity contribution >= 4 is 5.91 Å². The van der Waals surface area contributed by atoms with Gasteiger partial charge in [0.1, 0.15) is 17.4 Å². The summed E-state index contributed by atoms with van der Waals surface area (Å²) in [5, 5.41) is 7.08. The van der Waals surface area contributed by atoms with E-state index in [1.54, 1.807) is 35.2 Å². The van der Waals surface area contributed by atoms with Gasteiger partial charge in [0, 0.05) is 19.0 Å². The number of H-pyrrole nitrogens is 1. The Labute approximate surface area is 150 Å². The average molecular weight is 354 g/mol. The highest BCUT2D eigenvalue weighted by molar-refractivity contribution is 5.92. The maximum absolute atomic E-state index is 13.9. The van der Waals surface area contributed by atoms with Gasteiger partial charge in [0.25, 0.3) is 5.91 Å². The SMILES string of the molecule is Cc1nc(C2CCN(C(=O)c3ccc(-c4ccccc4F)o3)CC2)n[nH]1. The first-order chi connectivity index (χ1) is 12.6. The van der Waals surface area contributed by atoms with Gasteiger partial charge < -0.3 is 9.32 Å². The number of carbonyl (C=O) groups is 1. The number of aromatic nitrogens is 3. The van der Waals surface area contributed by atoms with Crippen LogP contribution in [0.4, 0.5) is 4.39 Å². The normalized spacial score (nSPS) is 15.4. The summed E-state index contributed by atoms with van der Waals surface area (Å²) in [6, 6.07) is 9.59. The predicted octanol–water partition coefficient (Wildman–Crippen LogP) is 3.53. The first kappa shape index (κ1) is 16.5. The number of piperidine rings is 1. The Morgan fingerprint density at radius 2 is 2.00 bits per heavy atom. The fourth-order valence-electron chi connectivity index (χ4n) is 3.30. The summed E-state index contributed by atoms with van der Waals surface area (Å²) in [6.07, 6.45) is 1.62. The van der Waals surface area contributed by atoms with E-state index < -0.39 is 0 Å². The molecule has 4 rings (SSSR count). The smallest absolute Gasteiger partial charge is 0.289 e. The van der Waals surface area contributed by atoms with Crippen LogP contribution in [-0.2, 0) is 0 Å². The maximum atomic E-state index is 13.9. The van der Waals surface area contributed by atoms with Gasteiger partial charge in [-0.2, -0.15) is 5.10 Å². The van der Waals surface area contributed by atoms with Gasteiger partial charge >= 0.3 is 0 Å². The van der Waals surface area contributed by atoms with Crippen LogP contribution in [0, 0.1) is 12.7 Å². The molecule has 0 bridgehead atoms. The molecule has 1 saturated heterocycles. The van der Waals surface area contributed by atoms with Gasteiger partial charge in [-0.25, -0.2) is 9.37 Å². The maximum Gasteiger partial charge on any atom is 0.289 e. The fraction of sp³-hybridized carbons (Fsp3) is 0.316. The third-order valence-corrected chi connectivity index (χ3v) is 4.72. The number of hydrogen-bond acceptors (Lipinski definition) is 4. The number of amides is 1. The molecule has 0 spiro atoms. The van der Waals surface area contributed by atoms with Gasteiger partial charge in [0.2, 0.25) is 0 Å². The molecule has 1 aliphatic rings. The first-order valence-electron chi connectivity index (χ1n) is 8.65. The number of nitrogens with one attached hydrogen (secondary N) is 1. The number of hydrogen-bond donors (Lipinski definition) is 1. The molecule has 1 amide bonds. The highest BCUT2D eigenvalue weighted by atomic mass is 19.1. The van der Waals surface area contributed by atoms with Crippen molar-refractivity contribution < 1.29 is 13.6 Å². The van der Waals surface area contributed by atoms with E-state index >= 15 is 0 Å². The quantitative estimate of drug-likeness (QED) is 0.781. The van der Waals surface area contributed by atoms with Crippen molar-refractivity contribution in [3.05, 3.63) is 59.6 Å². The van der Waals surface area contributed by atoms with Crippen LogP contribution in [0.3, 0.4) is 0 Å². The molecule has 1 N–H and O–H groups in total. The number of carbonyl (C=O) groups excluding carboxylic acids is 1. The zero-order valence-electron chi connectivity index (χ0n) is 14.4. The summed E-state index contributed by atoms with van der Waals surface area (Å²) < 4.78 is 19.5. The van der Waals surface area contributed by atoms with E-state index in [1.165, 1.54) is 6.07 Å². The molecular weight excluding hydrogens is 335 g/mol. The molecule has 0 aliphatic carbocycles. The van der Waals surface area contributed by atoms with Gasteiger partial charge in [-0.05, 0) is 44.0 Å². The fourth-order valence-corrected chi connectivity index (χ4v) is 3.30. The van der Waals surface area contributed by atoms with Crippen molar-refractivity contribution in [2.24, 2.45) is 0 Å². The second kappa shape index (κ2) is 6.74. The Balaban J connectivity index is 1.44. The molecule has 0 radical (unpaired) electrons. The third-order valence-electron chi connectivity index (χ3n) is 4.72. The van der Waals surface area contributed by atoms with Crippen molar-refractivity contribution in [1.82, 2.24) is 20.1 Å². The molecule has 26 heavy (non-hydrogen) atoms. The van der Waals surface area contributed by atoms with Crippen LogP contribution < -0.4 is 0 Å². The van der Waals surface area contributed by atoms with Crippen molar-refractivity contribution in [1.29, 1.82) is 0 Å². The molecule has 0 saturated carbocycles. The summed E-state index contributed by atoms with van der Waals surface area (Å²) in [7, 11) is 0. The summed E-state index contributed by atoms with van der Waals surface area (Å²) >= 11 is 0. The zero-order valence-corrected chi connectivity index (χ0v) is 14.4. The Morgan fingerprint density at radius 1 is 1.23 bits per heavy atom. The molecule has 2 aromatic heterocycles. The molecule has 1 fully saturated rings. The monoisotopic (exact) mass is 354 g/mol. The van der Waals surface area contributed by atoms with Gasteiger partial charge in [-0.15, -0.1) is 0 Å². The minimum Gasteiger partial charge on any atom is -0.451 e. The zero-order chi connectivity index (χ0) is 18.1. The van der Waals surface area contributed by atoms with Gasteiger partial charge in [-0.3, -0.25) is 9.89 Å². The summed E-state index contributed by atoms with van der Waals surface area (Å²) in [5.74, 6) is 1.92. The number of likely N-dealkylation sites (tertiary alicyclic amines) is 1. The lowest BCUT2D eigenvalue weighted by molar-refractivity contribution is 0.0680. The highest BCUT2D eigenvalue weighted by Gasteiger charge is 2.28. The first-order valence-corrected chi connectivity index (χ1v) is 8.65. The molecule has 6 nitrogen and oxygen atoms in total. The molecule has 1 aromatic carbocycles. The minimum atomic E-state index is -0.372. The Hall–Kier alpha value is -2.96. The van der Waals surface area contributed by atoms with Crippen LogP contribution in [0.5, 0.6) is 0 Å². The highest BCUT2D eigenvalue weighted by Crippen LogP contribution is 2.28. The number of halogens is 1. The third kappa shape index (κ3) is 3.12. The van der Waals surface area contributed by atoms with Crippen LogP contribution >= 0.6 is 0 Å². The van der Waals surface area contributed by atoms with Crippen LogP contribution in [-0.4, -0.2) is 39.1 Å². The second-order valence-corrected chi connectivity index (χ2v) is 6.49. The van der Waals surface area contributed by atoms with E-state index in [4.69, 9.17) is 4.42 Å². The molecule has 134 valence electrons. The Morgan fingerprint density at radius 3 is 2.69 bits per heavy atom. The largest absolute Gasteiger partial charge is 0.451 e. The molecule has 3 heterocycles. The lowest BCUT2D eigenvalue weighted by Crippen LogP contribution is -2.37. The number of furan rings is 1. The van der Waals surface area contributed by atoms with Gasteiger partial charge in [0.05, 0.1) is 5.56 Å². The van der Waals surface area contributed by atoms with Crippen LogP contribution in [0.15, 0.2) is 40.8 Å². The van der Waals surface area contributed by atoms with E-state index in [1.807, 2.05) is 6.92 Å². The van der Waals surface area contributed by atoms with Crippen LogP contribution in [0.2, 0.25) is 0 Å². The number of aryl methyl sites for hydroxylation is 1. The van der Waals surface area contributed by atoms with E-state index in [2.05, 4.69) is 15.2 Å². The molecule has 0 atom stereocenters. The second-order valence-electron chi connectivity index (χ2n) is 6.49. The predicted molar refractivity (Wildman–Crippen MR) is 93.1 cm³/mol. The van der Waals surface area contributed by atoms with E-state index in [0.29, 0.717) is 24.4 Å². The number of aromatic amines is 1. The van der Waals surface area contributed by atoms with Crippen molar-refractivity contribution in [2.45, 2.75) is 25.7 Å². The number of nitrogens with zero attached hydrogens (tertiary/aromatic N) is 3. The lowest BCUT2D eigenvalue weighted by atomic mass is 9.96. The van der Waals surface area contributed by atoms with E-state index in [9.17, 15) is 9.18 Å². The molecular formula is C19H19FN4O2. The Kier molecular flexibility index (Phi) is 4.28. The average Bonchev–Trinajstić information content (AvgIpc) is 3.31. The molecule has 3 aromatic rings. The van der Waals surface area contributed by atoms with Crippen molar-refractivity contribution in [3.63, 3.8) is 0 Å². The van der Waals surface area contributed by atoms with Crippen LogP contribution in [0.1, 0.15) is 41.0 Å². The number of rotatable bonds is 3. The molecule has 0 unspecified atom stereocenters. The van der Waals surface area contributed by atoms with Gasteiger partial charge in [-0.1, -0.05) is 12.1 Å². The van der Waals surface area contributed by atoms with Crippen molar-refractivity contribution in [3.8, 4) is 11.3 Å². The molecule has 7 heteroatoms. The van der Waals surface area contributed by atoms with E-state index in [0.717, 1.165) is 24.5 Å². The summed E-state index contributed by atoms with van der Waals surface area (Å²) in [6.45, 7) is 3.11. The van der Waals surface area contributed by atoms with Crippen LogP contribution in [0.25, 0.3) is 11.3 Å². The minimum absolute atomic E-state index is 0.169. The summed E-state index contributed by atoms with van der Waals surface area (Å²) in [5.41, 5.74) is 0.352. The standard InChI is InChI=1S/C19H19FN4O2/c1-12-21-18(23-22-12)13-8-10-24(11-9-13)19(25)17-7-6-16(26-17)14-4-2-3-5-15(14)20/h2-7,13H,8-11H2,1H3,(H,21,22,23). The van der Waals surface area contributed by atoms with Gasteiger partial charge in [0.15, 0.2) is 11.6 Å². The summed E-state index contributed by atoms with van der Waals surface area (Å²) in [4.78, 5) is 18.8. The van der Waals surface area contributed by atoms with E-state index in [-0.39, 0.29) is 23.4 Å². The lowest BCUT2D eigenvalue weighted by Gasteiger charge is -2.30. The Bertz CT molecular complexity index is 925. The topological polar surface area (TPSA) is 75.0 Å².